The van der Waals surface area contributed by atoms with Crippen LogP contribution in [0.2, 0.25) is 0 Å². The van der Waals surface area contributed by atoms with Crippen molar-refractivity contribution in [2.45, 2.75) is 4.90 Å². The maximum absolute atomic E-state index is 12.2. The Morgan fingerprint density at radius 3 is 2.52 bits per heavy atom. The van der Waals surface area contributed by atoms with Gasteiger partial charge in [-0.15, -0.1) is 0 Å². The summed E-state index contributed by atoms with van der Waals surface area (Å²) in [6.45, 7) is 0. The van der Waals surface area contributed by atoms with Gasteiger partial charge in [-0.05, 0) is 36.4 Å². The lowest BCUT2D eigenvalue weighted by Gasteiger charge is -2.09. The number of primary amides is 1. The molecule has 0 atom stereocenters. The van der Waals surface area contributed by atoms with Crippen molar-refractivity contribution in [1.29, 1.82) is 5.26 Å². The summed E-state index contributed by atoms with van der Waals surface area (Å²) in [7, 11) is -3.84. The molecule has 0 aliphatic heterocycles. The van der Waals surface area contributed by atoms with Gasteiger partial charge in [-0.25, -0.2) is 8.42 Å². The van der Waals surface area contributed by atoms with Crippen molar-refractivity contribution in [1.82, 2.24) is 0 Å². The number of carbonyl (C=O) groups excluding carboxylic acids is 1. The summed E-state index contributed by atoms with van der Waals surface area (Å²) in [6, 6.07) is 13.3. The van der Waals surface area contributed by atoms with Crippen molar-refractivity contribution in [3.63, 3.8) is 0 Å². The monoisotopic (exact) mass is 301 g/mol. The number of anilines is 1. The van der Waals surface area contributed by atoms with Crippen molar-refractivity contribution in [3.8, 4) is 6.07 Å². The van der Waals surface area contributed by atoms with Crippen molar-refractivity contribution in [3.05, 3.63) is 59.7 Å². The third kappa shape index (κ3) is 3.38. The van der Waals surface area contributed by atoms with E-state index in [0.29, 0.717) is 0 Å². The molecule has 0 saturated carbocycles. The Labute approximate surface area is 121 Å². The predicted molar refractivity (Wildman–Crippen MR) is 76.9 cm³/mol. The first-order valence-electron chi connectivity index (χ1n) is 5.85. The molecule has 2 rings (SSSR count). The molecule has 3 N–H and O–H groups in total. The fourth-order valence-corrected chi connectivity index (χ4v) is 2.78. The molecule has 106 valence electrons. The molecule has 6 nitrogen and oxygen atoms in total. The first-order valence-corrected chi connectivity index (χ1v) is 7.33. The van der Waals surface area contributed by atoms with Crippen molar-refractivity contribution in [2.24, 2.45) is 5.73 Å². The van der Waals surface area contributed by atoms with E-state index >= 15 is 0 Å². The number of nitrogens with one attached hydrogen (secondary N) is 1. The molecule has 7 heteroatoms. The summed E-state index contributed by atoms with van der Waals surface area (Å²) in [5.41, 5.74) is 5.79. The largest absolute Gasteiger partial charge is 0.366 e. The van der Waals surface area contributed by atoms with Gasteiger partial charge in [0.05, 0.1) is 16.5 Å². The van der Waals surface area contributed by atoms with Crippen LogP contribution < -0.4 is 10.5 Å². The quantitative estimate of drug-likeness (QED) is 0.889. The van der Waals surface area contributed by atoms with E-state index in [-0.39, 0.29) is 21.7 Å². The van der Waals surface area contributed by atoms with E-state index in [4.69, 9.17) is 11.0 Å². The first kappa shape index (κ1) is 14.6. The highest BCUT2D eigenvalue weighted by Gasteiger charge is 2.15. The van der Waals surface area contributed by atoms with Crippen LogP contribution in [0.25, 0.3) is 0 Å². The minimum Gasteiger partial charge on any atom is -0.366 e. The van der Waals surface area contributed by atoms with Gasteiger partial charge in [-0.1, -0.05) is 12.1 Å². The molecule has 0 heterocycles. The summed E-state index contributed by atoms with van der Waals surface area (Å²) in [5, 5.41) is 8.80. The average Bonchev–Trinajstić information content (AvgIpc) is 2.47. The Bertz CT molecular complexity index is 839. The highest BCUT2D eigenvalue weighted by Crippen LogP contribution is 2.18. The zero-order chi connectivity index (χ0) is 15.5. The summed E-state index contributed by atoms with van der Waals surface area (Å²) in [4.78, 5) is 11.0. The van der Waals surface area contributed by atoms with Crippen molar-refractivity contribution in [2.75, 3.05) is 4.72 Å². The number of amides is 1. The highest BCUT2D eigenvalue weighted by molar-refractivity contribution is 7.92. The smallest absolute Gasteiger partial charge is 0.261 e. The number of nitrogens with zero attached hydrogens (tertiary/aromatic N) is 1. The van der Waals surface area contributed by atoms with Crippen molar-refractivity contribution >= 4 is 21.6 Å². The van der Waals surface area contributed by atoms with E-state index < -0.39 is 15.9 Å². The van der Waals surface area contributed by atoms with E-state index in [1.165, 1.54) is 48.5 Å². The van der Waals surface area contributed by atoms with E-state index in [1.54, 1.807) is 0 Å². The van der Waals surface area contributed by atoms with Gasteiger partial charge in [0, 0.05) is 11.3 Å². The molecule has 0 fully saturated rings. The second-order valence-corrected chi connectivity index (χ2v) is 5.87. The number of benzene rings is 2. The molecular formula is C14H11N3O3S. The topological polar surface area (TPSA) is 113 Å². The lowest BCUT2D eigenvalue weighted by Crippen LogP contribution is -2.15. The van der Waals surface area contributed by atoms with Gasteiger partial charge in [-0.3, -0.25) is 9.52 Å². The van der Waals surface area contributed by atoms with Crippen molar-refractivity contribution < 1.29 is 13.2 Å². The number of nitriles is 1. The van der Waals surface area contributed by atoms with E-state index in [9.17, 15) is 13.2 Å². The summed E-state index contributed by atoms with van der Waals surface area (Å²) in [6.07, 6.45) is 0. The molecular weight excluding hydrogens is 290 g/mol. The molecule has 1 amide bonds. The number of hydrogen-bond donors (Lipinski definition) is 2. The zero-order valence-electron chi connectivity index (χ0n) is 10.8. The van der Waals surface area contributed by atoms with Gasteiger partial charge < -0.3 is 5.73 Å². The average molecular weight is 301 g/mol. The van der Waals surface area contributed by atoms with Crippen LogP contribution >= 0.6 is 0 Å². The summed E-state index contributed by atoms with van der Waals surface area (Å²) >= 11 is 0. The van der Waals surface area contributed by atoms with Crippen LogP contribution in [-0.2, 0) is 10.0 Å². The molecule has 0 saturated heterocycles. The Kier molecular flexibility index (Phi) is 3.91. The third-order valence-electron chi connectivity index (χ3n) is 2.67. The third-order valence-corrected chi connectivity index (χ3v) is 4.05. The SMILES string of the molecule is N#Cc1cccc(S(=O)(=O)Nc2cccc(C(N)=O)c2)c1. The van der Waals surface area contributed by atoms with E-state index in [1.807, 2.05) is 6.07 Å². The van der Waals surface area contributed by atoms with E-state index in [2.05, 4.69) is 4.72 Å². The van der Waals surface area contributed by atoms with Crippen LogP contribution in [0, 0.1) is 11.3 Å². The minimum atomic E-state index is -3.84. The van der Waals surface area contributed by atoms with Crippen LogP contribution in [0.3, 0.4) is 0 Å². The molecule has 0 unspecified atom stereocenters. The fourth-order valence-electron chi connectivity index (χ4n) is 1.68. The summed E-state index contributed by atoms with van der Waals surface area (Å²) in [5.74, 6) is -0.650. The van der Waals surface area contributed by atoms with Gasteiger partial charge in [-0.2, -0.15) is 5.26 Å². The number of carbonyl (C=O) groups is 1. The van der Waals surface area contributed by atoms with Crippen LogP contribution in [0.1, 0.15) is 15.9 Å². The second kappa shape index (κ2) is 5.64. The van der Waals surface area contributed by atoms with Crippen LogP contribution in [0.4, 0.5) is 5.69 Å². The molecule has 2 aromatic carbocycles. The summed E-state index contributed by atoms with van der Waals surface area (Å²) < 4.78 is 26.8. The zero-order valence-corrected chi connectivity index (χ0v) is 11.6. The van der Waals surface area contributed by atoms with Gasteiger partial charge >= 0.3 is 0 Å². The molecule has 0 aromatic heterocycles. The maximum atomic E-state index is 12.2. The molecule has 0 spiro atoms. The van der Waals surface area contributed by atoms with Gasteiger partial charge in [0.15, 0.2) is 0 Å². The Morgan fingerprint density at radius 1 is 1.14 bits per heavy atom. The lowest BCUT2D eigenvalue weighted by atomic mass is 10.2. The predicted octanol–water partition coefficient (Wildman–Crippen LogP) is 1.46. The van der Waals surface area contributed by atoms with Crippen LogP contribution in [0.5, 0.6) is 0 Å². The number of sulfonamides is 1. The van der Waals surface area contributed by atoms with Crippen LogP contribution in [-0.4, -0.2) is 14.3 Å². The number of rotatable bonds is 4. The van der Waals surface area contributed by atoms with Crippen LogP contribution in [0.15, 0.2) is 53.4 Å². The first-order chi connectivity index (χ1) is 9.92. The molecule has 0 radical (unpaired) electrons. The Hall–Kier alpha value is -2.85. The second-order valence-electron chi connectivity index (χ2n) is 4.19. The maximum Gasteiger partial charge on any atom is 0.261 e. The standard InChI is InChI=1S/C14H11N3O3S/c15-9-10-3-1-6-13(7-10)21(19,20)17-12-5-2-4-11(8-12)14(16)18/h1-8,17H,(H2,16,18). The number of hydrogen-bond acceptors (Lipinski definition) is 4. The highest BCUT2D eigenvalue weighted by atomic mass is 32.2. The molecule has 2 aromatic rings. The lowest BCUT2D eigenvalue weighted by molar-refractivity contribution is 0.100. The Morgan fingerprint density at radius 2 is 1.86 bits per heavy atom. The molecule has 0 aliphatic rings. The van der Waals surface area contributed by atoms with Gasteiger partial charge in [0.25, 0.3) is 10.0 Å². The molecule has 0 aliphatic carbocycles. The normalized spacial score (nSPS) is 10.6. The number of nitrogens with two attached hydrogens (primary N) is 1. The van der Waals surface area contributed by atoms with Gasteiger partial charge in [0.2, 0.25) is 5.91 Å². The molecule has 0 bridgehead atoms. The molecule has 21 heavy (non-hydrogen) atoms. The Balaban J connectivity index is 2.35. The minimum absolute atomic E-state index is 0.0361. The fraction of sp³-hybridized carbons (Fsp3) is 0. The van der Waals surface area contributed by atoms with Gasteiger partial charge in [0.1, 0.15) is 0 Å². The van der Waals surface area contributed by atoms with E-state index in [0.717, 1.165) is 0 Å².